The molecule has 0 spiro atoms. The van der Waals surface area contributed by atoms with E-state index in [1.54, 1.807) is 0 Å². The van der Waals surface area contributed by atoms with Crippen molar-refractivity contribution in [1.82, 2.24) is 0 Å². The molecule has 1 aromatic rings. The molecule has 0 radical (unpaired) electrons. The Morgan fingerprint density at radius 1 is 1.46 bits per heavy atom. The summed E-state index contributed by atoms with van der Waals surface area (Å²) in [5, 5.41) is 0.772. The van der Waals surface area contributed by atoms with Crippen LogP contribution >= 0.6 is 11.6 Å². The normalized spacial score (nSPS) is 9.77. The number of aryl methyl sites for hydroxylation is 1. The van der Waals surface area contributed by atoms with E-state index >= 15 is 0 Å². The van der Waals surface area contributed by atoms with E-state index in [0.717, 1.165) is 36.5 Å². The Morgan fingerprint density at radius 2 is 2.23 bits per heavy atom. The number of hydrogen-bond donors (Lipinski definition) is 0. The number of rotatable bonds is 4. The Labute approximate surface area is 85.3 Å². The molecule has 0 aliphatic carbocycles. The zero-order chi connectivity index (χ0) is 9.68. The van der Waals surface area contributed by atoms with Gasteiger partial charge in [-0.3, -0.25) is 0 Å². The lowest BCUT2D eigenvalue weighted by atomic mass is 9.79. The van der Waals surface area contributed by atoms with Gasteiger partial charge in [0.1, 0.15) is 13.0 Å². The van der Waals surface area contributed by atoms with Crippen molar-refractivity contribution in [2.24, 2.45) is 0 Å². The summed E-state index contributed by atoms with van der Waals surface area (Å²) in [5.74, 6) is 0.865. The average molecular weight is 196 g/mol. The third kappa shape index (κ3) is 3.31. The SMILES string of the molecule is CBCCOc1ccc(C)c(Cl)c1. The maximum Gasteiger partial charge on any atom is 0.121 e. The van der Waals surface area contributed by atoms with Gasteiger partial charge in [-0.25, -0.2) is 0 Å². The summed E-state index contributed by atoms with van der Waals surface area (Å²) in [7, 11) is 1.15. The Morgan fingerprint density at radius 3 is 2.85 bits per heavy atom. The molecular formula is C10H14BClO. The number of ether oxygens (including phenoxy) is 1. The largest absolute Gasteiger partial charge is 0.494 e. The van der Waals surface area contributed by atoms with Crippen LogP contribution < -0.4 is 4.74 Å². The standard InChI is InChI=1S/C10H14BClO/c1-8-3-4-9(7-10(8)12)13-6-5-11-2/h3-4,7,11H,5-6H2,1-2H3. The summed E-state index contributed by atoms with van der Waals surface area (Å²) >= 11 is 5.95. The molecule has 70 valence electrons. The molecule has 1 nitrogen and oxygen atoms in total. The van der Waals surface area contributed by atoms with Gasteiger partial charge in [-0.05, 0) is 30.9 Å². The molecule has 13 heavy (non-hydrogen) atoms. The van der Waals surface area contributed by atoms with Gasteiger partial charge < -0.3 is 4.74 Å². The lowest BCUT2D eigenvalue weighted by Gasteiger charge is -2.06. The third-order valence-electron chi connectivity index (χ3n) is 1.91. The molecule has 0 aliphatic rings. The first-order valence-corrected chi connectivity index (χ1v) is 5.00. The summed E-state index contributed by atoms with van der Waals surface area (Å²) < 4.78 is 5.50. The molecule has 0 unspecified atom stereocenters. The van der Waals surface area contributed by atoms with Crippen LogP contribution in [-0.2, 0) is 0 Å². The van der Waals surface area contributed by atoms with Gasteiger partial charge in [0.15, 0.2) is 0 Å². The Bertz CT molecular complexity index is 276. The van der Waals surface area contributed by atoms with Crippen LogP contribution in [0.1, 0.15) is 5.56 Å². The summed E-state index contributed by atoms with van der Waals surface area (Å²) in [4.78, 5) is 0. The van der Waals surface area contributed by atoms with Crippen LogP contribution in [0, 0.1) is 6.92 Å². The maximum atomic E-state index is 5.95. The molecule has 0 saturated heterocycles. The van der Waals surface area contributed by atoms with E-state index in [1.807, 2.05) is 25.1 Å². The molecule has 1 rings (SSSR count). The van der Waals surface area contributed by atoms with E-state index < -0.39 is 0 Å². The van der Waals surface area contributed by atoms with Crippen LogP contribution in [0.3, 0.4) is 0 Å². The highest BCUT2D eigenvalue weighted by molar-refractivity contribution is 6.33. The van der Waals surface area contributed by atoms with Gasteiger partial charge >= 0.3 is 0 Å². The van der Waals surface area contributed by atoms with Crippen molar-refractivity contribution < 1.29 is 4.74 Å². The predicted octanol–water partition coefficient (Wildman–Crippen LogP) is 2.93. The molecule has 0 N–H and O–H groups in total. The highest BCUT2D eigenvalue weighted by Gasteiger charge is 1.97. The van der Waals surface area contributed by atoms with Crippen LogP contribution in [0.4, 0.5) is 0 Å². The number of hydrogen-bond acceptors (Lipinski definition) is 1. The summed E-state index contributed by atoms with van der Waals surface area (Å²) in [6.45, 7) is 4.90. The third-order valence-corrected chi connectivity index (χ3v) is 2.32. The zero-order valence-corrected chi connectivity index (χ0v) is 8.90. The molecule has 0 heterocycles. The van der Waals surface area contributed by atoms with Crippen molar-refractivity contribution in [3.05, 3.63) is 28.8 Å². The highest BCUT2D eigenvalue weighted by Crippen LogP contribution is 2.21. The molecular weight excluding hydrogens is 182 g/mol. The minimum Gasteiger partial charge on any atom is -0.494 e. The molecule has 0 fully saturated rings. The van der Waals surface area contributed by atoms with Crippen molar-refractivity contribution in [1.29, 1.82) is 0 Å². The molecule has 0 aliphatic heterocycles. The average Bonchev–Trinajstić information content (AvgIpc) is 2.12. The summed E-state index contributed by atoms with van der Waals surface area (Å²) in [6, 6.07) is 5.80. The molecule has 0 aromatic heterocycles. The minimum atomic E-state index is 0.772. The maximum absolute atomic E-state index is 5.95. The van der Waals surface area contributed by atoms with Crippen LogP contribution in [-0.4, -0.2) is 13.9 Å². The van der Waals surface area contributed by atoms with E-state index in [-0.39, 0.29) is 0 Å². The molecule has 0 saturated carbocycles. The summed E-state index contributed by atoms with van der Waals surface area (Å²) in [6.07, 6.45) is 1.09. The van der Waals surface area contributed by atoms with Gasteiger partial charge in [-0.1, -0.05) is 24.5 Å². The van der Waals surface area contributed by atoms with Gasteiger partial charge in [0.25, 0.3) is 0 Å². The van der Waals surface area contributed by atoms with Crippen molar-refractivity contribution in [2.45, 2.75) is 20.1 Å². The summed E-state index contributed by atoms with van der Waals surface area (Å²) in [5.41, 5.74) is 1.09. The molecule has 3 heteroatoms. The lowest BCUT2D eigenvalue weighted by Crippen LogP contribution is -1.98. The number of halogens is 1. The Balaban J connectivity index is 2.53. The van der Waals surface area contributed by atoms with Gasteiger partial charge in [-0.15, -0.1) is 0 Å². The Hall–Kier alpha value is -0.625. The Kier molecular flexibility index (Phi) is 4.17. The fourth-order valence-corrected chi connectivity index (χ4v) is 1.17. The van der Waals surface area contributed by atoms with Gasteiger partial charge in [0.05, 0.1) is 6.61 Å². The monoisotopic (exact) mass is 196 g/mol. The van der Waals surface area contributed by atoms with Crippen LogP contribution in [0.2, 0.25) is 18.2 Å². The van der Waals surface area contributed by atoms with Crippen molar-refractivity contribution in [3.63, 3.8) is 0 Å². The van der Waals surface area contributed by atoms with Crippen LogP contribution in [0.15, 0.2) is 18.2 Å². The van der Waals surface area contributed by atoms with Crippen molar-refractivity contribution in [2.75, 3.05) is 6.61 Å². The first-order valence-electron chi connectivity index (χ1n) is 4.63. The lowest BCUT2D eigenvalue weighted by molar-refractivity contribution is 0.340. The van der Waals surface area contributed by atoms with Crippen LogP contribution in [0.25, 0.3) is 0 Å². The molecule has 0 bridgehead atoms. The highest BCUT2D eigenvalue weighted by atomic mass is 35.5. The van der Waals surface area contributed by atoms with E-state index in [2.05, 4.69) is 6.82 Å². The second-order valence-corrected chi connectivity index (χ2v) is 3.52. The molecule has 0 amide bonds. The van der Waals surface area contributed by atoms with Crippen molar-refractivity contribution >= 4 is 18.9 Å². The predicted molar refractivity (Wildman–Crippen MR) is 59.5 cm³/mol. The first kappa shape index (κ1) is 10.5. The van der Waals surface area contributed by atoms with E-state index in [9.17, 15) is 0 Å². The fraction of sp³-hybridized carbons (Fsp3) is 0.400. The van der Waals surface area contributed by atoms with Crippen LogP contribution in [0.5, 0.6) is 5.75 Å². The molecule has 0 atom stereocenters. The van der Waals surface area contributed by atoms with Gasteiger partial charge in [-0.2, -0.15) is 0 Å². The number of benzene rings is 1. The second-order valence-electron chi connectivity index (χ2n) is 3.11. The quantitative estimate of drug-likeness (QED) is 0.531. The van der Waals surface area contributed by atoms with E-state index in [0.29, 0.717) is 0 Å². The molecule has 1 aromatic carbocycles. The zero-order valence-electron chi connectivity index (χ0n) is 8.14. The van der Waals surface area contributed by atoms with E-state index in [4.69, 9.17) is 16.3 Å². The topological polar surface area (TPSA) is 9.23 Å². The van der Waals surface area contributed by atoms with Crippen molar-refractivity contribution in [3.8, 4) is 5.75 Å². The minimum absolute atomic E-state index is 0.772. The van der Waals surface area contributed by atoms with Gasteiger partial charge in [0.2, 0.25) is 0 Å². The van der Waals surface area contributed by atoms with Gasteiger partial charge in [0, 0.05) is 5.02 Å². The second kappa shape index (κ2) is 5.18. The van der Waals surface area contributed by atoms with E-state index in [1.165, 1.54) is 0 Å². The first-order chi connectivity index (χ1) is 6.24. The fourth-order valence-electron chi connectivity index (χ4n) is 0.998. The smallest absolute Gasteiger partial charge is 0.121 e.